The van der Waals surface area contributed by atoms with Crippen LogP contribution in [-0.4, -0.2) is 37.8 Å². The van der Waals surface area contributed by atoms with E-state index in [0.717, 1.165) is 10.0 Å². The maximum atomic E-state index is 12.2. The summed E-state index contributed by atoms with van der Waals surface area (Å²) in [4.78, 5) is 24.3. The van der Waals surface area contributed by atoms with Gasteiger partial charge >= 0.3 is 0 Å². The SMILES string of the molecule is C=CCOc1ccc(C=NNC(=O)C(C)NC(=O)c2ccc(OC)cc2)cc1Br. The number of carbonyl (C=O) groups excluding carboxylic acids is 2. The Morgan fingerprint density at radius 2 is 1.97 bits per heavy atom. The van der Waals surface area contributed by atoms with Gasteiger partial charge < -0.3 is 14.8 Å². The van der Waals surface area contributed by atoms with Crippen molar-refractivity contribution < 1.29 is 19.1 Å². The molecule has 2 amide bonds. The molecule has 1 atom stereocenters. The molecule has 2 aromatic carbocycles. The molecule has 29 heavy (non-hydrogen) atoms. The number of amides is 2. The molecule has 0 spiro atoms. The topological polar surface area (TPSA) is 89.0 Å². The minimum atomic E-state index is -0.761. The first-order valence-electron chi connectivity index (χ1n) is 8.75. The maximum absolute atomic E-state index is 12.2. The Balaban J connectivity index is 1.88. The third kappa shape index (κ3) is 6.76. The van der Waals surface area contributed by atoms with Gasteiger partial charge in [-0.05, 0) is 70.9 Å². The molecule has 0 fully saturated rings. The van der Waals surface area contributed by atoms with Crippen molar-refractivity contribution in [2.75, 3.05) is 13.7 Å². The van der Waals surface area contributed by atoms with Crippen LogP contribution in [-0.2, 0) is 4.79 Å². The average molecular weight is 460 g/mol. The molecular weight excluding hydrogens is 438 g/mol. The third-order valence-electron chi connectivity index (χ3n) is 3.79. The number of hydrogen-bond donors (Lipinski definition) is 2. The van der Waals surface area contributed by atoms with Gasteiger partial charge in [0.05, 0.1) is 17.8 Å². The van der Waals surface area contributed by atoms with Crippen LogP contribution in [0.5, 0.6) is 11.5 Å². The zero-order valence-electron chi connectivity index (χ0n) is 16.1. The van der Waals surface area contributed by atoms with Crippen molar-refractivity contribution in [1.82, 2.24) is 10.7 Å². The predicted octanol–water partition coefficient (Wildman–Crippen LogP) is 3.29. The monoisotopic (exact) mass is 459 g/mol. The van der Waals surface area contributed by atoms with Crippen molar-refractivity contribution >= 4 is 34.0 Å². The Morgan fingerprint density at radius 1 is 1.24 bits per heavy atom. The number of hydrogen-bond acceptors (Lipinski definition) is 5. The van der Waals surface area contributed by atoms with Gasteiger partial charge in [-0.3, -0.25) is 9.59 Å². The molecule has 7 nitrogen and oxygen atoms in total. The van der Waals surface area contributed by atoms with Crippen molar-refractivity contribution in [2.45, 2.75) is 13.0 Å². The fourth-order valence-corrected chi connectivity index (χ4v) is 2.73. The molecule has 1 unspecified atom stereocenters. The van der Waals surface area contributed by atoms with Crippen LogP contribution in [0, 0.1) is 0 Å². The van der Waals surface area contributed by atoms with Crippen LogP contribution >= 0.6 is 15.9 Å². The second kappa shape index (κ2) is 11.0. The van der Waals surface area contributed by atoms with Gasteiger partial charge in [0.25, 0.3) is 11.8 Å². The fourth-order valence-electron chi connectivity index (χ4n) is 2.22. The summed E-state index contributed by atoms with van der Waals surface area (Å²) in [5.41, 5.74) is 3.60. The van der Waals surface area contributed by atoms with E-state index < -0.39 is 11.9 Å². The molecular formula is C21H22BrN3O4. The van der Waals surface area contributed by atoms with E-state index in [-0.39, 0.29) is 5.91 Å². The van der Waals surface area contributed by atoms with Crippen molar-refractivity contribution in [1.29, 1.82) is 0 Å². The smallest absolute Gasteiger partial charge is 0.262 e. The van der Waals surface area contributed by atoms with Crippen molar-refractivity contribution in [3.8, 4) is 11.5 Å². The molecule has 0 aliphatic heterocycles. The number of carbonyl (C=O) groups is 2. The molecule has 2 aromatic rings. The molecule has 0 aromatic heterocycles. The first kappa shape index (κ1) is 22.2. The number of nitrogens with one attached hydrogen (secondary N) is 2. The number of methoxy groups -OCH3 is 1. The summed E-state index contributed by atoms with van der Waals surface area (Å²) < 4.78 is 11.3. The number of ether oxygens (including phenoxy) is 2. The summed E-state index contributed by atoms with van der Waals surface area (Å²) in [6.45, 7) is 5.59. The van der Waals surface area contributed by atoms with Gasteiger partial charge in [0.15, 0.2) is 0 Å². The lowest BCUT2D eigenvalue weighted by Gasteiger charge is -2.12. The van der Waals surface area contributed by atoms with E-state index in [1.165, 1.54) is 6.21 Å². The molecule has 0 aliphatic rings. The van der Waals surface area contributed by atoms with E-state index in [2.05, 4.69) is 38.4 Å². The summed E-state index contributed by atoms with van der Waals surface area (Å²) in [6, 6.07) is 11.2. The lowest BCUT2D eigenvalue weighted by molar-refractivity contribution is -0.122. The van der Waals surface area contributed by atoms with Crippen LogP contribution < -0.4 is 20.2 Å². The molecule has 8 heteroatoms. The minimum Gasteiger partial charge on any atom is -0.497 e. The first-order chi connectivity index (χ1) is 13.9. The zero-order valence-corrected chi connectivity index (χ0v) is 17.7. The Labute approximate surface area is 177 Å². The molecule has 0 heterocycles. The van der Waals surface area contributed by atoms with Crippen LogP contribution in [0.4, 0.5) is 0 Å². The van der Waals surface area contributed by atoms with E-state index in [1.54, 1.807) is 56.5 Å². The molecule has 0 radical (unpaired) electrons. The normalized spacial score (nSPS) is 11.6. The summed E-state index contributed by atoms with van der Waals surface area (Å²) in [5, 5.41) is 6.55. The van der Waals surface area contributed by atoms with Crippen LogP contribution in [0.15, 0.2) is 64.7 Å². The van der Waals surface area contributed by atoms with Gasteiger partial charge in [0.2, 0.25) is 0 Å². The predicted molar refractivity (Wildman–Crippen MR) is 115 cm³/mol. The van der Waals surface area contributed by atoms with Gasteiger partial charge in [0, 0.05) is 5.56 Å². The summed E-state index contributed by atoms with van der Waals surface area (Å²) in [7, 11) is 1.55. The number of nitrogens with zero attached hydrogens (tertiary/aromatic N) is 1. The van der Waals surface area contributed by atoms with Gasteiger partial charge in [-0.25, -0.2) is 5.43 Å². The molecule has 0 bridgehead atoms. The van der Waals surface area contributed by atoms with E-state index in [0.29, 0.717) is 23.7 Å². The standard InChI is InChI=1S/C21H22BrN3O4/c1-4-11-29-19-10-5-15(12-18(19)22)13-23-25-20(26)14(2)24-21(27)16-6-8-17(28-3)9-7-16/h4-10,12-14H,1,11H2,2-3H3,(H,24,27)(H,25,26). The van der Waals surface area contributed by atoms with Crippen molar-refractivity contribution in [3.63, 3.8) is 0 Å². The van der Waals surface area contributed by atoms with Crippen LogP contribution in [0.25, 0.3) is 0 Å². The van der Waals surface area contributed by atoms with E-state index in [4.69, 9.17) is 9.47 Å². The van der Waals surface area contributed by atoms with Gasteiger partial charge in [0.1, 0.15) is 24.1 Å². The van der Waals surface area contributed by atoms with E-state index >= 15 is 0 Å². The molecule has 2 rings (SSSR count). The Hall–Kier alpha value is -3.13. The number of rotatable bonds is 9. The highest BCUT2D eigenvalue weighted by Crippen LogP contribution is 2.25. The summed E-state index contributed by atoms with van der Waals surface area (Å²) >= 11 is 3.42. The van der Waals surface area contributed by atoms with Gasteiger partial charge in [-0.15, -0.1) is 0 Å². The minimum absolute atomic E-state index is 0.363. The van der Waals surface area contributed by atoms with Crippen molar-refractivity contribution in [2.24, 2.45) is 5.10 Å². The van der Waals surface area contributed by atoms with Crippen LogP contribution in [0.3, 0.4) is 0 Å². The van der Waals surface area contributed by atoms with E-state index in [1.807, 2.05) is 6.07 Å². The highest BCUT2D eigenvalue weighted by Gasteiger charge is 2.16. The average Bonchev–Trinajstić information content (AvgIpc) is 2.73. The van der Waals surface area contributed by atoms with Crippen molar-refractivity contribution in [3.05, 3.63) is 70.7 Å². The summed E-state index contributed by atoms with van der Waals surface area (Å²) in [6.07, 6.45) is 3.16. The molecule has 2 N–H and O–H groups in total. The highest BCUT2D eigenvalue weighted by atomic mass is 79.9. The first-order valence-corrected chi connectivity index (χ1v) is 9.55. The van der Waals surface area contributed by atoms with Gasteiger partial charge in [-0.2, -0.15) is 5.10 Å². The van der Waals surface area contributed by atoms with Crippen LogP contribution in [0.2, 0.25) is 0 Å². The maximum Gasteiger partial charge on any atom is 0.262 e. The number of halogens is 1. The Kier molecular flexibility index (Phi) is 8.42. The third-order valence-corrected chi connectivity index (χ3v) is 4.41. The molecule has 0 aliphatic carbocycles. The molecule has 0 saturated carbocycles. The summed E-state index contributed by atoms with van der Waals surface area (Å²) in [5.74, 6) is 0.529. The molecule has 0 saturated heterocycles. The number of benzene rings is 2. The second-order valence-corrected chi connectivity index (χ2v) is 6.80. The quantitative estimate of drug-likeness (QED) is 0.342. The Morgan fingerprint density at radius 3 is 2.59 bits per heavy atom. The second-order valence-electron chi connectivity index (χ2n) is 5.95. The number of hydrazone groups is 1. The molecule has 152 valence electrons. The van der Waals surface area contributed by atoms with E-state index in [9.17, 15) is 9.59 Å². The highest BCUT2D eigenvalue weighted by molar-refractivity contribution is 9.10. The Bertz CT molecular complexity index is 897. The lowest BCUT2D eigenvalue weighted by Crippen LogP contribution is -2.43. The lowest BCUT2D eigenvalue weighted by atomic mass is 10.2. The largest absolute Gasteiger partial charge is 0.497 e. The van der Waals surface area contributed by atoms with Crippen LogP contribution in [0.1, 0.15) is 22.8 Å². The van der Waals surface area contributed by atoms with Gasteiger partial charge in [-0.1, -0.05) is 12.7 Å². The fraction of sp³-hybridized carbons (Fsp3) is 0.190. The zero-order chi connectivity index (χ0) is 21.2.